The van der Waals surface area contributed by atoms with Crippen LogP contribution in [-0.2, 0) is 0 Å². The number of hydrogen-bond acceptors (Lipinski definition) is 3. The molecule has 0 aromatic heterocycles. The average molecular weight is 360 g/mol. The zero-order chi connectivity index (χ0) is 17.9. The first-order valence-electron chi connectivity index (χ1n) is 8.43. The van der Waals surface area contributed by atoms with E-state index in [1.807, 2.05) is 6.08 Å². The summed E-state index contributed by atoms with van der Waals surface area (Å²) in [7, 11) is 0. The number of hydrogen-bond donors (Lipinski definition) is 0. The van der Waals surface area contributed by atoms with E-state index in [1.165, 1.54) is 12.1 Å². The lowest BCUT2D eigenvalue weighted by atomic mass is 9.86. The summed E-state index contributed by atoms with van der Waals surface area (Å²) in [4.78, 5) is 0. The average Bonchev–Trinajstić information content (AvgIpc) is 3.30. The first-order chi connectivity index (χ1) is 11.9. The highest BCUT2D eigenvalue weighted by Gasteiger charge is 2.35. The Morgan fingerprint density at radius 2 is 1.76 bits per heavy atom. The van der Waals surface area contributed by atoms with Crippen molar-refractivity contribution in [3.05, 3.63) is 30.1 Å². The molecule has 0 amide bonds. The molecule has 0 spiro atoms. The zero-order valence-electron chi connectivity index (χ0n) is 13.7. The Balaban J connectivity index is 1.70. The molecule has 138 valence electrons. The molecule has 25 heavy (non-hydrogen) atoms. The molecular formula is C18H20F4O3. The van der Waals surface area contributed by atoms with Crippen LogP contribution in [0.15, 0.2) is 24.3 Å². The molecule has 2 aliphatic rings. The summed E-state index contributed by atoms with van der Waals surface area (Å²) >= 11 is 0. The zero-order valence-corrected chi connectivity index (χ0v) is 13.7. The van der Waals surface area contributed by atoms with E-state index >= 15 is 0 Å². The standard InChI is InChI=1S/C18H20F4O3/c19-16-14(23-10-2-5-12-6-7-12)8-9-15(17(16)25-18(20,21)22)24-11-13-3-1-4-13/h2,5,8-9,12-13H,1,3-4,6-7,10-11H2/b5-2+. The van der Waals surface area contributed by atoms with E-state index in [4.69, 9.17) is 9.47 Å². The van der Waals surface area contributed by atoms with Gasteiger partial charge in [-0.05, 0) is 49.7 Å². The van der Waals surface area contributed by atoms with Gasteiger partial charge in [-0.25, -0.2) is 0 Å². The van der Waals surface area contributed by atoms with Crippen LogP contribution in [0, 0.1) is 17.7 Å². The van der Waals surface area contributed by atoms with Crippen LogP contribution in [0.2, 0.25) is 0 Å². The Bertz CT molecular complexity index is 619. The summed E-state index contributed by atoms with van der Waals surface area (Å²) < 4.78 is 66.7. The molecule has 1 aromatic carbocycles. The second-order valence-electron chi connectivity index (χ2n) is 6.44. The van der Waals surface area contributed by atoms with Crippen LogP contribution in [0.4, 0.5) is 17.6 Å². The molecule has 0 unspecified atom stereocenters. The number of alkyl halides is 3. The quantitative estimate of drug-likeness (QED) is 0.468. The maximum Gasteiger partial charge on any atom is 0.573 e. The lowest BCUT2D eigenvalue weighted by Gasteiger charge is -2.26. The van der Waals surface area contributed by atoms with Crippen molar-refractivity contribution in [2.45, 2.75) is 38.5 Å². The largest absolute Gasteiger partial charge is 0.573 e. The van der Waals surface area contributed by atoms with E-state index in [1.54, 1.807) is 6.08 Å². The van der Waals surface area contributed by atoms with Gasteiger partial charge >= 0.3 is 6.36 Å². The van der Waals surface area contributed by atoms with Crippen molar-refractivity contribution < 1.29 is 31.8 Å². The van der Waals surface area contributed by atoms with Gasteiger partial charge in [-0.1, -0.05) is 18.6 Å². The molecule has 0 aliphatic heterocycles. The SMILES string of the molecule is Fc1c(OC/C=C/C2CC2)ccc(OCC2CCC2)c1OC(F)(F)F. The first kappa shape index (κ1) is 17.9. The second kappa shape index (κ2) is 7.54. The third-order valence-electron chi connectivity index (χ3n) is 4.31. The number of allylic oxidation sites excluding steroid dienone is 1. The Labute approximate surface area is 143 Å². The minimum atomic E-state index is -5.01. The maximum absolute atomic E-state index is 14.4. The minimum absolute atomic E-state index is 0.0845. The van der Waals surface area contributed by atoms with Gasteiger partial charge < -0.3 is 14.2 Å². The Morgan fingerprint density at radius 3 is 2.36 bits per heavy atom. The van der Waals surface area contributed by atoms with E-state index in [0.29, 0.717) is 11.8 Å². The van der Waals surface area contributed by atoms with E-state index in [0.717, 1.165) is 32.1 Å². The molecule has 2 aliphatic carbocycles. The Kier molecular flexibility index (Phi) is 5.39. The fraction of sp³-hybridized carbons (Fsp3) is 0.556. The fourth-order valence-corrected chi connectivity index (χ4v) is 2.50. The number of benzene rings is 1. The van der Waals surface area contributed by atoms with Gasteiger partial charge in [0.25, 0.3) is 0 Å². The van der Waals surface area contributed by atoms with Gasteiger partial charge in [-0.3, -0.25) is 0 Å². The summed E-state index contributed by atoms with van der Waals surface area (Å²) in [6.45, 7) is 0.332. The predicted octanol–water partition coefficient (Wildman–Crippen LogP) is 5.25. The summed E-state index contributed by atoms with van der Waals surface area (Å²) in [5.74, 6) is -1.90. The lowest BCUT2D eigenvalue weighted by molar-refractivity contribution is -0.276. The van der Waals surface area contributed by atoms with Crippen molar-refractivity contribution in [2.24, 2.45) is 11.8 Å². The molecule has 7 heteroatoms. The van der Waals surface area contributed by atoms with Crippen molar-refractivity contribution in [2.75, 3.05) is 13.2 Å². The van der Waals surface area contributed by atoms with E-state index in [-0.39, 0.29) is 24.7 Å². The van der Waals surface area contributed by atoms with E-state index in [2.05, 4.69) is 4.74 Å². The summed E-state index contributed by atoms with van der Waals surface area (Å²) in [6.07, 6.45) is 3.95. The van der Waals surface area contributed by atoms with Crippen molar-refractivity contribution in [1.29, 1.82) is 0 Å². The third kappa shape index (κ3) is 5.28. The van der Waals surface area contributed by atoms with Crippen LogP contribution >= 0.6 is 0 Å². The molecule has 0 radical (unpaired) electrons. The van der Waals surface area contributed by atoms with Gasteiger partial charge in [0, 0.05) is 0 Å². The molecule has 0 N–H and O–H groups in total. The third-order valence-corrected chi connectivity index (χ3v) is 4.31. The smallest absolute Gasteiger partial charge is 0.489 e. The normalized spacial score (nSPS) is 18.2. The van der Waals surface area contributed by atoms with Crippen LogP contribution in [0.3, 0.4) is 0 Å². The number of halogens is 4. The second-order valence-corrected chi connectivity index (χ2v) is 6.44. The van der Waals surface area contributed by atoms with Gasteiger partial charge in [0.05, 0.1) is 6.61 Å². The van der Waals surface area contributed by atoms with Crippen molar-refractivity contribution >= 4 is 0 Å². The van der Waals surface area contributed by atoms with Crippen LogP contribution in [-0.4, -0.2) is 19.6 Å². The Hall–Kier alpha value is -1.92. The highest BCUT2D eigenvalue weighted by atomic mass is 19.4. The van der Waals surface area contributed by atoms with Crippen LogP contribution < -0.4 is 14.2 Å². The highest BCUT2D eigenvalue weighted by molar-refractivity contribution is 5.47. The van der Waals surface area contributed by atoms with E-state index in [9.17, 15) is 17.6 Å². The van der Waals surface area contributed by atoms with Crippen molar-refractivity contribution in [1.82, 2.24) is 0 Å². The van der Waals surface area contributed by atoms with Gasteiger partial charge in [0.15, 0.2) is 11.5 Å². The first-order valence-corrected chi connectivity index (χ1v) is 8.43. The molecule has 0 bridgehead atoms. The Morgan fingerprint density at radius 1 is 1.04 bits per heavy atom. The topological polar surface area (TPSA) is 27.7 Å². The van der Waals surface area contributed by atoms with Crippen LogP contribution in [0.1, 0.15) is 32.1 Å². The molecule has 3 nitrogen and oxygen atoms in total. The summed E-state index contributed by atoms with van der Waals surface area (Å²) in [5, 5.41) is 0. The number of ether oxygens (including phenoxy) is 3. The van der Waals surface area contributed by atoms with Crippen molar-refractivity contribution in [3.8, 4) is 17.2 Å². The molecular weight excluding hydrogens is 340 g/mol. The lowest BCUT2D eigenvalue weighted by Crippen LogP contribution is -2.21. The molecule has 3 rings (SSSR count). The van der Waals surface area contributed by atoms with Gasteiger partial charge in [0.2, 0.25) is 11.6 Å². The summed E-state index contributed by atoms with van der Waals surface area (Å²) in [6, 6.07) is 2.52. The predicted molar refractivity (Wildman–Crippen MR) is 83.3 cm³/mol. The maximum atomic E-state index is 14.4. The molecule has 0 heterocycles. The monoisotopic (exact) mass is 360 g/mol. The summed E-state index contributed by atoms with van der Waals surface area (Å²) in [5.41, 5.74) is 0. The molecule has 0 saturated heterocycles. The van der Waals surface area contributed by atoms with Gasteiger partial charge in [-0.15, -0.1) is 13.2 Å². The highest BCUT2D eigenvalue weighted by Crippen LogP contribution is 2.40. The molecule has 1 aromatic rings. The minimum Gasteiger partial charge on any atom is -0.489 e. The van der Waals surface area contributed by atoms with Gasteiger partial charge in [-0.2, -0.15) is 4.39 Å². The number of rotatable bonds is 8. The molecule has 0 atom stereocenters. The van der Waals surface area contributed by atoms with E-state index < -0.39 is 17.9 Å². The van der Waals surface area contributed by atoms with Gasteiger partial charge in [0.1, 0.15) is 6.61 Å². The molecule has 2 saturated carbocycles. The van der Waals surface area contributed by atoms with Crippen LogP contribution in [0.5, 0.6) is 17.2 Å². The van der Waals surface area contributed by atoms with Crippen LogP contribution in [0.25, 0.3) is 0 Å². The fourth-order valence-electron chi connectivity index (χ4n) is 2.50. The molecule has 2 fully saturated rings. The van der Waals surface area contributed by atoms with Crippen molar-refractivity contribution in [3.63, 3.8) is 0 Å².